The predicted octanol–water partition coefficient (Wildman–Crippen LogP) is 2.23. The molecule has 2 saturated carbocycles. The highest BCUT2D eigenvalue weighted by molar-refractivity contribution is 5.83. The maximum absolute atomic E-state index is 11.6. The zero-order valence-corrected chi connectivity index (χ0v) is 9.45. The largest absolute Gasteiger partial charge is 0.299 e. The highest BCUT2D eigenvalue weighted by Gasteiger charge is 2.39. The molecular formula is C13H21NO. The number of carbonyl (C=O) groups is 1. The van der Waals surface area contributed by atoms with Crippen LogP contribution in [0.2, 0.25) is 0 Å². The summed E-state index contributed by atoms with van der Waals surface area (Å²) in [5, 5.41) is 0. The summed E-state index contributed by atoms with van der Waals surface area (Å²) in [5.41, 5.74) is 0. The lowest BCUT2D eigenvalue weighted by atomic mass is 10.0. The molecule has 0 radical (unpaired) electrons. The molecule has 0 aromatic rings. The molecular weight excluding hydrogens is 186 g/mol. The first-order valence-corrected chi connectivity index (χ1v) is 6.61. The average molecular weight is 207 g/mol. The molecule has 84 valence electrons. The summed E-state index contributed by atoms with van der Waals surface area (Å²) in [6, 6.07) is 0.846. The van der Waals surface area contributed by atoms with Crippen molar-refractivity contribution in [2.24, 2.45) is 11.8 Å². The van der Waals surface area contributed by atoms with Gasteiger partial charge in [-0.2, -0.15) is 0 Å². The minimum absolute atomic E-state index is 0.393. The van der Waals surface area contributed by atoms with Crippen LogP contribution in [0.15, 0.2) is 0 Å². The number of carbonyl (C=O) groups excluding carboxylic acids is 1. The lowest BCUT2D eigenvalue weighted by Gasteiger charge is -2.25. The Morgan fingerprint density at radius 3 is 2.87 bits per heavy atom. The zero-order chi connectivity index (χ0) is 10.3. The topological polar surface area (TPSA) is 20.3 Å². The van der Waals surface area contributed by atoms with Gasteiger partial charge in [0.15, 0.2) is 0 Å². The number of Topliss-reactive ketones (excluding diaryl/α,β-unsaturated/α-hetero) is 1. The maximum atomic E-state index is 11.6. The molecule has 3 atom stereocenters. The van der Waals surface area contributed by atoms with Crippen molar-refractivity contribution in [3.05, 3.63) is 0 Å². The molecule has 0 N–H and O–H groups in total. The van der Waals surface area contributed by atoms with E-state index >= 15 is 0 Å². The van der Waals surface area contributed by atoms with Crippen molar-refractivity contribution < 1.29 is 4.79 Å². The Balaban J connectivity index is 1.61. The Morgan fingerprint density at radius 1 is 1.13 bits per heavy atom. The third kappa shape index (κ3) is 1.73. The van der Waals surface area contributed by atoms with Crippen LogP contribution in [0.1, 0.15) is 44.9 Å². The van der Waals surface area contributed by atoms with E-state index < -0.39 is 0 Å². The van der Waals surface area contributed by atoms with E-state index in [0.29, 0.717) is 11.7 Å². The van der Waals surface area contributed by atoms with E-state index in [1.165, 1.54) is 32.2 Å². The van der Waals surface area contributed by atoms with Gasteiger partial charge >= 0.3 is 0 Å². The van der Waals surface area contributed by atoms with Crippen LogP contribution in [0.3, 0.4) is 0 Å². The number of hydrogen-bond donors (Lipinski definition) is 0. The van der Waals surface area contributed by atoms with Crippen molar-refractivity contribution in [3.63, 3.8) is 0 Å². The standard InChI is InChI=1S/C13H21NO/c15-13-6-2-4-11(13)9-14-8-7-10-3-1-5-12(10)14/h10-12H,1-9H2. The molecule has 3 rings (SSSR count). The summed E-state index contributed by atoms with van der Waals surface area (Å²) >= 11 is 0. The van der Waals surface area contributed by atoms with Gasteiger partial charge in [0.2, 0.25) is 0 Å². The van der Waals surface area contributed by atoms with Crippen molar-refractivity contribution in [3.8, 4) is 0 Å². The van der Waals surface area contributed by atoms with Gasteiger partial charge in [0, 0.05) is 24.9 Å². The van der Waals surface area contributed by atoms with Gasteiger partial charge in [-0.3, -0.25) is 9.69 Å². The van der Waals surface area contributed by atoms with Crippen LogP contribution in [0.25, 0.3) is 0 Å². The quantitative estimate of drug-likeness (QED) is 0.692. The molecule has 3 fully saturated rings. The number of ketones is 1. The maximum Gasteiger partial charge on any atom is 0.137 e. The molecule has 2 nitrogen and oxygen atoms in total. The van der Waals surface area contributed by atoms with Crippen LogP contribution in [0, 0.1) is 11.8 Å². The van der Waals surface area contributed by atoms with Gasteiger partial charge in [-0.05, 0) is 44.6 Å². The molecule has 2 aliphatic carbocycles. The Morgan fingerprint density at radius 2 is 2.07 bits per heavy atom. The predicted molar refractivity (Wildman–Crippen MR) is 59.7 cm³/mol. The van der Waals surface area contributed by atoms with Crippen LogP contribution < -0.4 is 0 Å². The van der Waals surface area contributed by atoms with Crippen molar-refractivity contribution in [1.29, 1.82) is 0 Å². The summed E-state index contributed by atoms with van der Waals surface area (Å²) in [5.74, 6) is 1.90. The highest BCUT2D eigenvalue weighted by atomic mass is 16.1. The second-order valence-electron chi connectivity index (χ2n) is 5.60. The number of hydrogen-bond acceptors (Lipinski definition) is 2. The second-order valence-corrected chi connectivity index (χ2v) is 5.60. The van der Waals surface area contributed by atoms with Crippen LogP contribution in [-0.2, 0) is 4.79 Å². The van der Waals surface area contributed by atoms with Crippen molar-refractivity contribution in [2.45, 2.75) is 51.0 Å². The van der Waals surface area contributed by atoms with Crippen molar-refractivity contribution in [1.82, 2.24) is 4.90 Å². The Labute approximate surface area is 92.0 Å². The summed E-state index contributed by atoms with van der Waals surface area (Å²) < 4.78 is 0. The van der Waals surface area contributed by atoms with Crippen LogP contribution in [0.4, 0.5) is 0 Å². The fourth-order valence-corrected chi connectivity index (χ4v) is 3.92. The summed E-state index contributed by atoms with van der Waals surface area (Å²) in [4.78, 5) is 14.3. The third-order valence-electron chi connectivity index (χ3n) is 4.76. The van der Waals surface area contributed by atoms with E-state index in [1.807, 2.05) is 0 Å². The minimum Gasteiger partial charge on any atom is -0.299 e. The molecule has 15 heavy (non-hydrogen) atoms. The van der Waals surface area contributed by atoms with Gasteiger partial charge in [0.1, 0.15) is 5.78 Å². The number of nitrogens with zero attached hydrogens (tertiary/aromatic N) is 1. The molecule has 0 amide bonds. The molecule has 0 spiro atoms. The monoisotopic (exact) mass is 207 g/mol. The van der Waals surface area contributed by atoms with Gasteiger partial charge in [-0.25, -0.2) is 0 Å². The third-order valence-corrected chi connectivity index (χ3v) is 4.76. The van der Waals surface area contributed by atoms with E-state index in [9.17, 15) is 4.79 Å². The van der Waals surface area contributed by atoms with Gasteiger partial charge in [-0.15, -0.1) is 0 Å². The van der Waals surface area contributed by atoms with Crippen LogP contribution >= 0.6 is 0 Å². The molecule has 3 unspecified atom stereocenters. The fourth-order valence-electron chi connectivity index (χ4n) is 3.92. The molecule has 2 heteroatoms. The lowest BCUT2D eigenvalue weighted by molar-refractivity contribution is -0.121. The Kier molecular flexibility index (Phi) is 2.55. The summed E-state index contributed by atoms with van der Waals surface area (Å²) in [6.07, 6.45) is 8.81. The van der Waals surface area contributed by atoms with E-state index in [2.05, 4.69) is 4.90 Å². The van der Waals surface area contributed by atoms with Crippen molar-refractivity contribution in [2.75, 3.05) is 13.1 Å². The van der Waals surface area contributed by atoms with Crippen molar-refractivity contribution >= 4 is 5.78 Å². The molecule has 1 heterocycles. The molecule has 0 bridgehead atoms. The number of fused-ring (bicyclic) bond motifs is 1. The molecule has 1 saturated heterocycles. The van der Waals surface area contributed by atoms with E-state index in [4.69, 9.17) is 0 Å². The summed E-state index contributed by atoms with van der Waals surface area (Å²) in [7, 11) is 0. The Bertz CT molecular complexity index is 263. The summed E-state index contributed by atoms with van der Waals surface area (Å²) in [6.45, 7) is 2.35. The van der Waals surface area contributed by atoms with Gasteiger partial charge < -0.3 is 0 Å². The van der Waals surface area contributed by atoms with E-state index in [1.54, 1.807) is 0 Å². The normalized spacial score (nSPS) is 41.3. The molecule has 0 aromatic carbocycles. The average Bonchev–Trinajstić information content (AvgIpc) is 2.86. The van der Waals surface area contributed by atoms with E-state index in [-0.39, 0.29) is 0 Å². The molecule has 1 aliphatic heterocycles. The van der Waals surface area contributed by atoms with Crippen LogP contribution in [-0.4, -0.2) is 29.8 Å². The fraction of sp³-hybridized carbons (Fsp3) is 0.923. The number of likely N-dealkylation sites (tertiary alicyclic amines) is 1. The lowest BCUT2D eigenvalue weighted by Crippen LogP contribution is -2.35. The van der Waals surface area contributed by atoms with Gasteiger partial charge in [-0.1, -0.05) is 6.42 Å². The second kappa shape index (κ2) is 3.89. The van der Waals surface area contributed by atoms with Gasteiger partial charge in [0.25, 0.3) is 0 Å². The van der Waals surface area contributed by atoms with Crippen LogP contribution in [0.5, 0.6) is 0 Å². The van der Waals surface area contributed by atoms with Gasteiger partial charge in [0.05, 0.1) is 0 Å². The highest BCUT2D eigenvalue weighted by Crippen LogP contribution is 2.38. The Hall–Kier alpha value is -0.370. The smallest absolute Gasteiger partial charge is 0.137 e. The minimum atomic E-state index is 0.393. The first-order valence-electron chi connectivity index (χ1n) is 6.61. The molecule has 0 aromatic heterocycles. The SMILES string of the molecule is O=C1CCCC1CN1CCC2CCCC21. The van der Waals surface area contributed by atoms with E-state index in [0.717, 1.165) is 37.8 Å². The molecule has 3 aliphatic rings. The first kappa shape index (κ1) is 9.83. The number of rotatable bonds is 2. The first-order chi connectivity index (χ1) is 7.34. The zero-order valence-electron chi connectivity index (χ0n) is 9.45.